The zero-order valence-electron chi connectivity index (χ0n) is 12.9. The van der Waals surface area contributed by atoms with E-state index in [9.17, 15) is 4.79 Å². The van der Waals surface area contributed by atoms with E-state index in [1.54, 1.807) is 7.11 Å². The number of amides is 1. The Balaban J connectivity index is 1.82. The molecule has 1 saturated heterocycles. The summed E-state index contributed by atoms with van der Waals surface area (Å²) < 4.78 is 5.52. The Hall–Kier alpha value is -1.55. The molecule has 2 aliphatic heterocycles. The second-order valence-electron chi connectivity index (χ2n) is 6.16. The summed E-state index contributed by atoms with van der Waals surface area (Å²) in [6.45, 7) is 4.67. The predicted octanol–water partition coefficient (Wildman–Crippen LogP) is 2.54. The van der Waals surface area contributed by atoms with Crippen LogP contribution in [0.3, 0.4) is 0 Å². The normalized spacial score (nSPS) is 25.1. The van der Waals surface area contributed by atoms with E-state index < -0.39 is 0 Å². The molecule has 4 heteroatoms. The molecule has 1 amide bonds. The summed E-state index contributed by atoms with van der Waals surface area (Å²) in [5.41, 5.74) is 3.12. The fourth-order valence-corrected chi connectivity index (χ4v) is 3.38. The quantitative estimate of drug-likeness (QED) is 0.909. The van der Waals surface area contributed by atoms with Gasteiger partial charge in [0.05, 0.1) is 17.4 Å². The van der Waals surface area contributed by atoms with E-state index >= 15 is 0 Å². The highest BCUT2D eigenvalue weighted by Gasteiger charge is 2.30. The van der Waals surface area contributed by atoms with Gasteiger partial charge in [-0.2, -0.15) is 0 Å². The van der Waals surface area contributed by atoms with Crippen LogP contribution in [0, 0.1) is 5.92 Å². The number of rotatable bonds is 2. The van der Waals surface area contributed by atoms with Crippen molar-refractivity contribution in [3.05, 3.63) is 29.3 Å². The molecule has 21 heavy (non-hydrogen) atoms. The molecule has 2 aliphatic rings. The molecule has 1 aromatic carbocycles. The average Bonchev–Trinajstić information content (AvgIpc) is 2.54. The van der Waals surface area contributed by atoms with E-state index in [1.807, 2.05) is 17.0 Å². The minimum Gasteiger partial charge on any atom is -0.384 e. The van der Waals surface area contributed by atoms with Crippen molar-refractivity contribution in [2.75, 3.05) is 32.1 Å². The Kier molecular flexibility index (Phi) is 4.15. The molecule has 0 spiro atoms. The van der Waals surface area contributed by atoms with Gasteiger partial charge in [-0.15, -0.1) is 0 Å². The largest absolute Gasteiger partial charge is 0.384 e. The Morgan fingerprint density at radius 1 is 1.43 bits per heavy atom. The van der Waals surface area contributed by atoms with E-state index in [-0.39, 0.29) is 12.0 Å². The summed E-state index contributed by atoms with van der Waals surface area (Å²) in [5, 5.41) is 3.41. The number of hydrogen-bond acceptors (Lipinski definition) is 3. The lowest BCUT2D eigenvalue weighted by Gasteiger charge is -2.36. The summed E-state index contributed by atoms with van der Waals surface area (Å²) in [6.07, 6.45) is 3.35. The van der Waals surface area contributed by atoms with Gasteiger partial charge in [0, 0.05) is 26.7 Å². The van der Waals surface area contributed by atoms with Gasteiger partial charge in [-0.3, -0.25) is 4.79 Å². The number of nitrogens with one attached hydrogen (secondary N) is 1. The number of carbonyl (C=O) groups is 1. The zero-order chi connectivity index (χ0) is 14.8. The van der Waals surface area contributed by atoms with Crippen LogP contribution in [-0.2, 0) is 11.2 Å². The number of hydrogen-bond donors (Lipinski definition) is 1. The van der Waals surface area contributed by atoms with Crippen LogP contribution >= 0.6 is 0 Å². The van der Waals surface area contributed by atoms with Crippen molar-refractivity contribution in [1.82, 2.24) is 4.90 Å². The Morgan fingerprint density at radius 3 is 3.10 bits per heavy atom. The molecule has 0 radical (unpaired) electrons. The number of anilines is 1. The SMILES string of the molecule is COC1CN(C(=O)c2cccc3c2NCCC3)CCC1C. The molecule has 0 bridgehead atoms. The topological polar surface area (TPSA) is 41.6 Å². The van der Waals surface area contributed by atoms with E-state index in [2.05, 4.69) is 18.3 Å². The number of piperidine rings is 1. The lowest BCUT2D eigenvalue weighted by Crippen LogP contribution is -2.46. The minimum absolute atomic E-state index is 0.134. The van der Waals surface area contributed by atoms with E-state index in [0.717, 1.165) is 43.6 Å². The first kappa shape index (κ1) is 14.4. The molecule has 2 atom stereocenters. The summed E-state index contributed by atoms with van der Waals surface area (Å²) >= 11 is 0. The minimum atomic E-state index is 0.134. The highest BCUT2D eigenvalue weighted by Crippen LogP contribution is 2.28. The van der Waals surface area contributed by atoms with Crippen molar-refractivity contribution >= 4 is 11.6 Å². The van der Waals surface area contributed by atoms with Crippen molar-refractivity contribution in [2.24, 2.45) is 5.92 Å². The second-order valence-corrected chi connectivity index (χ2v) is 6.16. The lowest BCUT2D eigenvalue weighted by atomic mass is 9.94. The molecule has 1 aromatic rings. The van der Waals surface area contributed by atoms with Gasteiger partial charge < -0.3 is 15.0 Å². The number of aryl methyl sites for hydroxylation is 1. The monoisotopic (exact) mass is 288 g/mol. The fourth-order valence-electron chi connectivity index (χ4n) is 3.38. The van der Waals surface area contributed by atoms with Gasteiger partial charge in [-0.05, 0) is 36.8 Å². The van der Waals surface area contributed by atoms with Gasteiger partial charge in [-0.25, -0.2) is 0 Å². The van der Waals surface area contributed by atoms with Gasteiger partial charge in [0.25, 0.3) is 5.91 Å². The van der Waals surface area contributed by atoms with Gasteiger partial charge in [0.1, 0.15) is 0 Å². The van der Waals surface area contributed by atoms with E-state index in [4.69, 9.17) is 4.74 Å². The molecule has 0 saturated carbocycles. The van der Waals surface area contributed by atoms with Crippen molar-refractivity contribution < 1.29 is 9.53 Å². The van der Waals surface area contributed by atoms with E-state index in [1.165, 1.54) is 5.56 Å². The van der Waals surface area contributed by atoms with Crippen LogP contribution in [0.1, 0.15) is 35.7 Å². The summed E-state index contributed by atoms with van der Waals surface area (Å²) in [6, 6.07) is 6.06. The predicted molar refractivity (Wildman–Crippen MR) is 83.7 cm³/mol. The van der Waals surface area contributed by atoms with Gasteiger partial charge in [0.15, 0.2) is 0 Å². The standard InChI is InChI=1S/C17H24N2O2/c1-12-8-10-19(11-15(12)21-2)17(20)14-7-3-5-13-6-4-9-18-16(13)14/h3,5,7,12,15,18H,4,6,8-11H2,1-2H3. The van der Waals surface area contributed by atoms with Gasteiger partial charge in [0.2, 0.25) is 0 Å². The molecular formula is C17H24N2O2. The van der Waals surface area contributed by atoms with Crippen LogP contribution in [0.5, 0.6) is 0 Å². The number of nitrogens with zero attached hydrogens (tertiary/aromatic N) is 1. The van der Waals surface area contributed by atoms with Crippen LogP contribution < -0.4 is 5.32 Å². The van der Waals surface area contributed by atoms with Crippen LogP contribution in [0.2, 0.25) is 0 Å². The third kappa shape index (κ3) is 2.77. The molecule has 114 valence electrons. The smallest absolute Gasteiger partial charge is 0.256 e. The number of para-hydroxylation sites is 1. The van der Waals surface area contributed by atoms with Crippen LogP contribution in [0.4, 0.5) is 5.69 Å². The molecule has 1 fully saturated rings. The maximum Gasteiger partial charge on any atom is 0.256 e. The van der Waals surface area contributed by atoms with Crippen molar-refractivity contribution in [1.29, 1.82) is 0 Å². The van der Waals surface area contributed by atoms with E-state index in [0.29, 0.717) is 12.5 Å². The Bertz CT molecular complexity index is 530. The molecular weight excluding hydrogens is 264 g/mol. The van der Waals surface area contributed by atoms with Crippen LogP contribution in [0.15, 0.2) is 18.2 Å². The molecule has 2 heterocycles. The second kappa shape index (κ2) is 6.06. The number of fused-ring (bicyclic) bond motifs is 1. The highest BCUT2D eigenvalue weighted by atomic mass is 16.5. The number of benzene rings is 1. The highest BCUT2D eigenvalue weighted by molar-refractivity contribution is 6.00. The first-order valence-corrected chi connectivity index (χ1v) is 7.88. The number of ether oxygens (including phenoxy) is 1. The van der Waals surface area contributed by atoms with Crippen LogP contribution in [0.25, 0.3) is 0 Å². The van der Waals surface area contributed by atoms with Gasteiger partial charge in [-0.1, -0.05) is 19.1 Å². The first-order valence-electron chi connectivity index (χ1n) is 7.88. The summed E-state index contributed by atoms with van der Waals surface area (Å²) in [7, 11) is 1.74. The van der Waals surface area contributed by atoms with Crippen molar-refractivity contribution in [3.63, 3.8) is 0 Å². The van der Waals surface area contributed by atoms with Crippen molar-refractivity contribution in [3.8, 4) is 0 Å². The summed E-state index contributed by atoms with van der Waals surface area (Å²) in [5.74, 6) is 0.650. The lowest BCUT2D eigenvalue weighted by molar-refractivity contribution is -0.00153. The maximum atomic E-state index is 12.9. The Morgan fingerprint density at radius 2 is 2.29 bits per heavy atom. The Labute approximate surface area is 126 Å². The average molecular weight is 288 g/mol. The molecule has 0 aliphatic carbocycles. The first-order chi connectivity index (χ1) is 10.2. The number of carbonyl (C=O) groups excluding carboxylic acids is 1. The maximum absolute atomic E-state index is 12.9. The zero-order valence-corrected chi connectivity index (χ0v) is 12.9. The molecule has 0 aromatic heterocycles. The summed E-state index contributed by atoms with van der Waals surface area (Å²) in [4.78, 5) is 14.8. The molecule has 1 N–H and O–H groups in total. The number of likely N-dealkylation sites (tertiary alicyclic amines) is 1. The molecule has 3 rings (SSSR count). The van der Waals surface area contributed by atoms with Crippen molar-refractivity contribution in [2.45, 2.75) is 32.3 Å². The number of methoxy groups -OCH3 is 1. The third-order valence-electron chi connectivity index (χ3n) is 4.79. The molecule has 4 nitrogen and oxygen atoms in total. The van der Waals surface area contributed by atoms with Gasteiger partial charge >= 0.3 is 0 Å². The third-order valence-corrected chi connectivity index (χ3v) is 4.79. The molecule has 2 unspecified atom stereocenters. The van der Waals surface area contributed by atoms with Crippen LogP contribution in [-0.4, -0.2) is 43.7 Å². The fraction of sp³-hybridized carbons (Fsp3) is 0.588.